The van der Waals surface area contributed by atoms with Crippen molar-refractivity contribution in [2.24, 2.45) is 27.8 Å². The van der Waals surface area contributed by atoms with Gasteiger partial charge in [0.15, 0.2) is 70.9 Å². The van der Waals surface area contributed by atoms with Gasteiger partial charge in [-0.25, -0.2) is 49.6 Å². The van der Waals surface area contributed by atoms with Crippen LogP contribution in [0.3, 0.4) is 0 Å². The van der Waals surface area contributed by atoms with Crippen molar-refractivity contribution in [2.75, 3.05) is 83.9 Å². The number of esters is 1. The van der Waals surface area contributed by atoms with E-state index in [1.54, 1.807) is 0 Å². The van der Waals surface area contributed by atoms with Gasteiger partial charge < -0.3 is 126 Å². The van der Waals surface area contributed by atoms with Gasteiger partial charge in [0.05, 0.1) is 77.1 Å². The largest absolute Gasteiger partial charge is 0.843 e. The molecule has 0 spiro atoms. The molecule has 54 heteroatoms. The number of hydrogen-bond acceptors (Lipinski definition) is 38. The number of aliphatic hydroxyl groups is 2. The zero-order valence-electron chi connectivity index (χ0n) is 54.3. The number of aliphatic carboxylic acids is 1. The number of nitrogens with two attached hydrogens (primary N) is 3. The first-order valence-corrected chi connectivity index (χ1v) is 37.1. The standard InChI is InChI=1S/C52H68N18O32P4/c53-39(78)22-3-1-9-67(14-22)49-37(76)35(74)26(99-49)18-93-32(73)11-52(51(81)82,28(71)12-57-41-33-45(63-43(61-41)47(80)65-55)69(20-59-33)30-7-5-24(97-30)16-95-105(89,90)101-103(83,84)85)29(72)13-58-42-34-46(70(21-60-34)31-8-6-25(98-31)17-96-106(91,92)102-104(86,87)88)64-44(62-42)48(66-56)94-19-27-36(75)38(77)50(100-27)68-10-2-4-23(15-68)40(54)79/h1-4,9-10,14-15,24-27,30-31,35-38,48-50,56,59-60,74-75H,5-8,11-13,16-21,55H2,(H2,53,78)(H2,54,79)(H,65,80)(H,81,82)(H,89,90)(H,91,92)(H,57,61,63)(H,58,62,64)(H2,83,84,85)(H2,86,87,88)/t24-,25-,26+,27+,30+,31+,35+,36+,37+,38+,48?,49+,50+,52?/m0/s1. The zero-order chi connectivity index (χ0) is 77.1. The number of amides is 3. The fourth-order valence-electron chi connectivity index (χ4n) is 11.8. The first-order valence-electron chi connectivity index (χ1n) is 31.0. The number of carboxylic acid groups (broad SMARTS) is 1. The van der Waals surface area contributed by atoms with Gasteiger partial charge in [0.1, 0.15) is 53.8 Å². The van der Waals surface area contributed by atoms with Crippen molar-refractivity contribution in [3.05, 3.63) is 71.8 Å². The first kappa shape index (κ1) is 80.2. The van der Waals surface area contributed by atoms with E-state index < -0.39 is 227 Å². The molecule has 21 N–H and O–H groups in total. The van der Waals surface area contributed by atoms with Crippen molar-refractivity contribution in [1.82, 2.24) is 25.4 Å². The summed E-state index contributed by atoms with van der Waals surface area (Å²) >= 11 is 0. The Balaban J connectivity index is 0.944. The zero-order valence-corrected chi connectivity index (χ0v) is 57.9. The lowest BCUT2D eigenvalue weighted by molar-refractivity contribution is -0.782. The number of rotatable bonds is 35. The van der Waals surface area contributed by atoms with Crippen LogP contribution in [0, 0.1) is 10.9 Å². The fourth-order valence-corrected chi connectivity index (χ4v) is 15.0. The molecule has 6 aliphatic heterocycles. The maximum atomic E-state index is 15.2. The molecular formula is C52H68N18O32P4. The van der Waals surface area contributed by atoms with Gasteiger partial charge >= 0.3 is 49.1 Å². The summed E-state index contributed by atoms with van der Waals surface area (Å²) in [5, 5.41) is 74.7. The molecule has 0 aliphatic carbocycles. The van der Waals surface area contributed by atoms with Gasteiger partial charge in [0.2, 0.25) is 12.1 Å². The number of aliphatic hydroxyl groups excluding tert-OH is 2. The average Bonchev–Trinajstić information content (AvgIpc) is 1.42. The van der Waals surface area contributed by atoms with Crippen molar-refractivity contribution >= 4 is 107 Å². The molecule has 4 unspecified atom stereocenters. The molecular weight excluding hydrogens is 1510 g/mol. The summed E-state index contributed by atoms with van der Waals surface area (Å²) in [6.07, 6.45) is -16.5. The second-order valence-electron chi connectivity index (χ2n) is 23.8. The lowest BCUT2D eigenvalue weighted by atomic mass is 9.75. The highest BCUT2D eigenvalue weighted by molar-refractivity contribution is 7.61. The number of nitrogen functional groups attached to an aromatic ring is 1. The smallest absolute Gasteiger partial charge is 0.481 e. The second-order valence-corrected chi connectivity index (χ2v) is 29.5. The lowest BCUT2D eigenvalue weighted by Crippen LogP contribution is -2.52. The molecule has 0 bridgehead atoms. The Morgan fingerprint density at radius 2 is 1.15 bits per heavy atom. The summed E-state index contributed by atoms with van der Waals surface area (Å²) in [6.45, 7) is -6.40. The van der Waals surface area contributed by atoms with Gasteiger partial charge in [-0.15, -0.1) is 0 Å². The van der Waals surface area contributed by atoms with E-state index in [0.717, 1.165) is 10.8 Å². The minimum Gasteiger partial charge on any atom is -0.843 e. The van der Waals surface area contributed by atoms with E-state index in [1.807, 2.05) is 5.43 Å². The molecule has 6 aliphatic rings. The monoisotopic (exact) mass is 1580 g/mol. The Morgan fingerprint density at radius 3 is 1.59 bits per heavy atom. The van der Waals surface area contributed by atoms with E-state index in [4.69, 9.17) is 79.9 Å². The Bertz CT molecular complexity index is 4260. The van der Waals surface area contributed by atoms with Crippen molar-refractivity contribution in [2.45, 2.75) is 112 Å². The molecule has 16 atom stereocenters. The molecule has 0 saturated carbocycles. The third-order valence-corrected chi connectivity index (χ3v) is 21.1. The minimum atomic E-state index is -5.54. The maximum absolute atomic E-state index is 15.2. The second kappa shape index (κ2) is 32.6. The van der Waals surface area contributed by atoms with Gasteiger partial charge in [-0.1, -0.05) is 0 Å². The molecule has 4 fully saturated rings. The molecule has 3 amide bonds. The molecule has 578 valence electrons. The maximum Gasteiger partial charge on any atom is 0.481 e. The number of anilines is 6. The van der Waals surface area contributed by atoms with Crippen LogP contribution in [0.5, 0.6) is 0 Å². The Hall–Kier alpha value is -8.33. The first-order chi connectivity index (χ1) is 49.9. The number of phosphoric acid groups is 4. The Kier molecular flexibility index (Phi) is 24.7. The van der Waals surface area contributed by atoms with Gasteiger partial charge in [0, 0.05) is 12.1 Å². The Labute approximate surface area is 593 Å². The predicted molar refractivity (Wildman–Crippen MR) is 335 cm³/mol. The number of fused-ring (bicyclic) bond motifs is 2. The SMILES string of the molecule is N=NC(OC[C@H]1O[C@@H]([n+]2cccc(C(N)=O)c2)[C@H]([O-])[C@@H]1O)c1nc(NCC(=O)C(CC(=O)OC[C@H]2O[C@@H]([n+]3cccc(C(N)=O)c3)[C@H]([O-])[C@@H]2O)(C(=O)O)C(=O)CNc2nc(C(=O)NN)nc3c2NCN3[C@H]2CC[C@@H](COP(=O)(O)OP(=O)(O)O)O2)c2c(n1)N([C@H]1CC[C@@H](COP(=O)(O)OP(=O)(O)O)O1)CN2. The van der Waals surface area contributed by atoms with Crippen molar-refractivity contribution in [3.63, 3.8) is 0 Å². The van der Waals surface area contributed by atoms with E-state index in [9.17, 15) is 77.6 Å². The number of ether oxygens (including phenoxy) is 6. The van der Waals surface area contributed by atoms with Crippen molar-refractivity contribution in [1.29, 1.82) is 5.53 Å². The van der Waals surface area contributed by atoms with Crippen LogP contribution in [-0.2, 0) is 83.5 Å². The number of pyridine rings is 2. The van der Waals surface area contributed by atoms with Crippen LogP contribution < -0.4 is 73.2 Å². The number of carbonyl (C=O) groups is 7. The molecule has 0 aromatic carbocycles. The number of nitrogens with zero attached hydrogens (tertiary/aromatic N) is 9. The summed E-state index contributed by atoms with van der Waals surface area (Å²) in [6, 6.07) is 5.38. The number of primary amides is 2. The third-order valence-electron chi connectivity index (χ3n) is 16.8. The molecule has 0 radical (unpaired) electrons. The predicted octanol–water partition coefficient (Wildman–Crippen LogP) is -6.43. The molecule has 50 nitrogen and oxygen atoms in total. The third kappa shape index (κ3) is 18.6. The number of hydrogen-bond donors (Lipinski definition) is 18. The van der Waals surface area contributed by atoms with Crippen LogP contribution in [-0.4, -0.2) is 220 Å². The fraction of sp³-hybridized carbons (Fsp3) is 0.519. The summed E-state index contributed by atoms with van der Waals surface area (Å²) in [4.78, 5) is 172. The van der Waals surface area contributed by atoms with E-state index in [-0.39, 0.29) is 73.2 Å². The average molecular weight is 1580 g/mol. The number of nitrogens with one attached hydrogen (secondary N) is 6. The quantitative estimate of drug-likeness (QED) is 0.00298. The molecule has 10 heterocycles. The molecule has 4 aromatic heterocycles. The summed E-state index contributed by atoms with van der Waals surface area (Å²) < 4.78 is 101. The number of aromatic nitrogens is 6. The normalized spacial score (nSPS) is 26.1. The molecule has 4 aromatic rings. The number of Topliss-reactive ketones (excluding diaryl/α,β-unsaturated/α-hetero) is 2. The van der Waals surface area contributed by atoms with Crippen LogP contribution in [0.4, 0.5) is 34.6 Å². The van der Waals surface area contributed by atoms with Crippen LogP contribution in [0.15, 0.2) is 54.2 Å². The number of carbonyl (C=O) groups excluding carboxylic acids is 6. The van der Waals surface area contributed by atoms with Crippen molar-refractivity contribution in [3.8, 4) is 0 Å². The highest BCUT2D eigenvalue weighted by atomic mass is 31.3. The van der Waals surface area contributed by atoms with E-state index in [1.165, 1.54) is 57.2 Å². The van der Waals surface area contributed by atoms with E-state index in [2.05, 4.69) is 54.9 Å². The number of carboxylic acids is 1. The van der Waals surface area contributed by atoms with Crippen LogP contribution in [0.25, 0.3) is 0 Å². The highest BCUT2D eigenvalue weighted by Gasteiger charge is 2.55. The van der Waals surface area contributed by atoms with E-state index in [0.29, 0.717) is 0 Å². The molecule has 106 heavy (non-hydrogen) atoms. The van der Waals surface area contributed by atoms with Gasteiger partial charge in [0.25, 0.3) is 24.3 Å². The summed E-state index contributed by atoms with van der Waals surface area (Å²) in [5.41, 5.74) is 16.9. The van der Waals surface area contributed by atoms with Crippen LogP contribution in [0.1, 0.15) is 87.9 Å². The van der Waals surface area contributed by atoms with Crippen LogP contribution in [0.2, 0.25) is 0 Å². The highest BCUT2D eigenvalue weighted by Crippen LogP contribution is 2.59. The van der Waals surface area contributed by atoms with Crippen LogP contribution >= 0.6 is 31.3 Å². The number of hydrazine groups is 1. The topological polar surface area (TPSA) is 748 Å². The van der Waals surface area contributed by atoms with Gasteiger partial charge in [-0.2, -0.15) is 22.9 Å². The summed E-state index contributed by atoms with van der Waals surface area (Å²) in [5.74, 6) is -7.30. The van der Waals surface area contributed by atoms with Gasteiger partial charge in [-0.3, -0.25) is 48.0 Å². The van der Waals surface area contributed by atoms with Gasteiger partial charge in [-0.05, 0) is 50.0 Å². The van der Waals surface area contributed by atoms with E-state index >= 15 is 9.59 Å². The molecule has 10 rings (SSSR count). The molecule has 4 saturated heterocycles. The number of ketones is 2. The van der Waals surface area contributed by atoms with Crippen molar-refractivity contribution < 1.29 is 162 Å². The summed E-state index contributed by atoms with van der Waals surface area (Å²) in [7, 11) is -21.7. The lowest BCUT2D eigenvalue weighted by Gasteiger charge is -2.27. The Morgan fingerprint density at radius 1 is 0.689 bits per heavy atom. The minimum absolute atomic E-state index is 0.0267. The number of phosphoric ester groups is 2.